The first-order valence-corrected chi connectivity index (χ1v) is 8.32. The minimum absolute atomic E-state index is 0.162. The molecule has 1 aliphatic carbocycles. The van der Waals surface area contributed by atoms with Gasteiger partial charge in [-0.2, -0.15) is 13.2 Å². The summed E-state index contributed by atoms with van der Waals surface area (Å²) < 4.78 is 43.2. The fraction of sp³-hybridized carbons (Fsp3) is 0.667. The van der Waals surface area contributed by atoms with Crippen LogP contribution in [-0.4, -0.2) is 36.9 Å². The van der Waals surface area contributed by atoms with Gasteiger partial charge in [-0.15, -0.1) is 11.3 Å². The van der Waals surface area contributed by atoms with E-state index < -0.39 is 12.6 Å². The van der Waals surface area contributed by atoms with Crippen LogP contribution < -0.4 is 0 Å². The summed E-state index contributed by atoms with van der Waals surface area (Å²) >= 11 is 1.29. The molecule has 1 amide bonds. The van der Waals surface area contributed by atoms with E-state index in [-0.39, 0.29) is 12.0 Å². The summed E-state index contributed by atoms with van der Waals surface area (Å²) in [4.78, 5) is 15.1. The van der Waals surface area contributed by atoms with Gasteiger partial charge in [0.05, 0.1) is 13.0 Å². The van der Waals surface area contributed by atoms with E-state index >= 15 is 0 Å². The molecule has 122 valence electrons. The van der Waals surface area contributed by atoms with Gasteiger partial charge in [0.25, 0.3) is 0 Å². The molecular formula is C15H18F3NO2S. The van der Waals surface area contributed by atoms with Crippen LogP contribution in [0.15, 0.2) is 0 Å². The standard InChI is InChI=1S/C15H18F3NO2S/c1-2-21-14(20)19-6-5-11-13-9(8-19)3-4-10(13)12(22-11)7-15(16,17)18/h9H,2-8H2,1H3. The van der Waals surface area contributed by atoms with E-state index in [4.69, 9.17) is 4.74 Å². The second-order valence-corrected chi connectivity index (χ2v) is 6.95. The van der Waals surface area contributed by atoms with E-state index in [0.29, 0.717) is 37.4 Å². The van der Waals surface area contributed by atoms with E-state index in [0.717, 1.165) is 22.4 Å². The largest absolute Gasteiger partial charge is 0.450 e. The molecule has 7 heteroatoms. The Balaban J connectivity index is 1.83. The fourth-order valence-electron chi connectivity index (χ4n) is 3.46. The number of rotatable bonds is 2. The number of hydrogen-bond donors (Lipinski definition) is 0. The Hall–Kier alpha value is -1.24. The van der Waals surface area contributed by atoms with E-state index in [1.807, 2.05) is 0 Å². The molecule has 0 saturated heterocycles. The van der Waals surface area contributed by atoms with Gasteiger partial charge < -0.3 is 9.64 Å². The molecule has 1 aromatic rings. The molecule has 1 aromatic heterocycles. The van der Waals surface area contributed by atoms with Gasteiger partial charge in [-0.1, -0.05) is 0 Å². The summed E-state index contributed by atoms with van der Waals surface area (Å²) in [5, 5.41) is 0. The lowest BCUT2D eigenvalue weighted by Crippen LogP contribution is -2.34. The van der Waals surface area contributed by atoms with Crippen LogP contribution in [0, 0.1) is 0 Å². The molecule has 0 bridgehead atoms. The molecule has 3 rings (SSSR count). The van der Waals surface area contributed by atoms with Gasteiger partial charge >= 0.3 is 12.3 Å². The van der Waals surface area contributed by atoms with Crippen molar-refractivity contribution in [2.24, 2.45) is 0 Å². The Kier molecular flexibility index (Phi) is 4.09. The molecule has 2 heterocycles. The first-order chi connectivity index (χ1) is 10.4. The van der Waals surface area contributed by atoms with Crippen LogP contribution in [0.3, 0.4) is 0 Å². The quantitative estimate of drug-likeness (QED) is 0.821. The Bertz CT molecular complexity index is 582. The smallest absolute Gasteiger partial charge is 0.409 e. The van der Waals surface area contributed by atoms with E-state index in [2.05, 4.69) is 0 Å². The van der Waals surface area contributed by atoms with Gasteiger partial charge in [0.2, 0.25) is 0 Å². The third kappa shape index (κ3) is 2.95. The lowest BCUT2D eigenvalue weighted by Gasteiger charge is -2.22. The number of nitrogens with zero attached hydrogens (tertiary/aromatic N) is 1. The zero-order chi connectivity index (χ0) is 15.9. The minimum atomic E-state index is -4.16. The van der Waals surface area contributed by atoms with E-state index in [9.17, 15) is 18.0 Å². The Labute approximate surface area is 131 Å². The summed E-state index contributed by atoms with van der Waals surface area (Å²) in [5.41, 5.74) is 1.99. The zero-order valence-corrected chi connectivity index (χ0v) is 13.1. The monoisotopic (exact) mass is 333 g/mol. The fourth-order valence-corrected chi connectivity index (χ4v) is 4.92. The molecule has 0 spiro atoms. The highest BCUT2D eigenvalue weighted by Crippen LogP contribution is 2.46. The van der Waals surface area contributed by atoms with Gasteiger partial charge in [0, 0.05) is 28.8 Å². The number of halogens is 3. The molecule has 1 atom stereocenters. The highest BCUT2D eigenvalue weighted by atomic mass is 32.1. The number of carbonyl (C=O) groups is 1. The molecule has 22 heavy (non-hydrogen) atoms. The summed E-state index contributed by atoms with van der Waals surface area (Å²) in [6.45, 7) is 3.18. The van der Waals surface area contributed by atoms with Gasteiger partial charge in [-0.25, -0.2) is 4.79 Å². The predicted molar refractivity (Wildman–Crippen MR) is 77.4 cm³/mol. The molecule has 0 N–H and O–H groups in total. The summed E-state index contributed by atoms with van der Waals surface area (Å²) in [5.74, 6) is 0.162. The van der Waals surface area contributed by atoms with Crippen LogP contribution in [0.4, 0.5) is 18.0 Å². The van der Waals surface area contributed by atoms with E-state index in [1.54, 1.807) is 11.8 Å². The number of carbonyl (C=O) groups excluding carboxylic acids is 1. The molecule has 3 nitrogen and oxygen atoms in total. The average Bonchev–Trinajstić information content (AvgIpc) is 2.90. The van der Waals surface area contributed by atoms with Crippen LogP contribution in [0.1, 0.15) is 40.1 Å². The molecule has 0 radical (unpaired) electrons. The first-order valence-electron chi connectivity index (χ1n) is 7.50. The Morgan fingerprint density at radius 3 is 2.86 bits per heavy atom. The van der Waals surface area contributed by atoms with Crippen LogP contribution in [0.5, 0.6) is 0 Å². The summed E-state index contributed by atoms with van der Waals surface area (Å²) in [6.07, 6.45) is -3.16. The maximum Gasteiger partial charge on any atom is 0.409 e. The van der Waals surface area contributed by atoms with Crippen molar-refractivity contribution < 1.29 is 22.7 Å². The number of thiophene rings is 1. The SMILES string of the molecule is CCOC(=O)N1CCc2sc(CC(F)(F)F)c3c2C(CC3)C1. The first kappa shape index (κ1) is 15.6. The van der Waals surface area contributed by atoms with Crippen molar-refractivity contribution in [3.8, 4) is 0 Å². The second kappa shape index (κ2) is 5.76. The van der Waals surface area contributed by atoms with Crippen LogP contribution in [0.25, 0.3) is 0 Å². The lowest BCUT2D eigenvalue weighted by atomic mass is 10.0. The normalized spacial score (nSPS) is 20.7. The molecule has 0 fully saturated rings. The Morgan fingerprint density at radius 1 is 1.41 bits per heavy atom. The summed E-state index contributed by atoms with van der Waals surface area (Å²) in [6, 6.07) is 0. The van der Waals surface area contributed by atoms with Crippen molar-refractivity contribution in [2.45, 2.75) is 44.7 Å². The van der Waals surface area contributed by atoms with Crippen molar-refractivity contribution >= 4 is 17.4 Å². The predicted octanol–water partition coefficient (Wildman–Crippen LogP) is 3.90. The van der Waals surface area contributed by atoms with Crippen molar-refractivity contribution in [1.29, 1.82) is 0 Å². The molecule has 1 aliphatic heterocycles. The maximum absolute atomic E-state index is 12.7. The van der Waals surface area contributed by atoms with Crippen LogP contribution in [0.2, 0.25) is 0 Å². The van der Waals surface area contributed by atoms with Crippen molar-refractivity contribution in [2.75, 3.05) is 19.7 Å². The lowest BCUT2D eigenvalue weighted by molar-refractivity contribution is -0.126. The topological polar surface area (TPSA) is 29.5 Å². The average molecular weight is 333 g/mol. The molecule has 2 aliphatic rings. The number of hydrogen-bond acceptors (Lipinski definition) is 3. The van der Waals surface area contributed by atoms with E-state index in [1.165, 1.54) is 11.3 Å². The third-order valence-corrected chi connectivity index (χ3v) is 5.60. The number of alkyl halides is 3. The Morgan fingerprint density at radius 2 is 2.18 bits per heavy atom. The maximum atomic E-state index is 12.7. The van der Waals surface area contributed by atoms with Gasteiger partial charge in [-0.05, 0) is 37.3 Å². The highest BCUT2D eigenvalue weighted by molar-refractivity contribution is 7.12. The molecule has 1 unspecified atom stereocenters. The number of amides is 1. The minimum Gasteiger partial charge on any atom is -0.450 e. The van der Waals surface area contributed by atoms with Crippen LogP contribution in [-0.2, 0) is 24.0 Å². The third-order valence-electron chi connectivity index (χ3n) is 4.30. The van der Waals surface area contributed by atoms with Gasteiger partial charge in [0.1, 0.15) is 0 Å². The molecule has 0 aromatic carbocycles. The second-order valence-electron chi connectivity index (χ2n) is 5.76. The van der Waals surface area contributed by atoms with Crippen molar-refractivity contribution in [1.82, 2.24) is 4.90 Å². The van der Waals surface area contributed by atoms with Crippen molar-refractivity contribution in [3.63, 3.8) is 0 Å². The highest BCUT2D eigenvalue weighted by Gasteiger charge is 2.38. The van der Waals surface area contributed by atoms with Crippen LogP contribution >= 0.6 is 11.3 Å². The molecular weight excluding hydrogens is 315 g/mol. The van der Waals surface area contributed by atoms with Crippen molar-refractivity contribution in [3.05, 3.63) is 20.9 Å². The molecule has 0 saturated carbocycles. The summed E-state index contributed by atoms with van der Waals surface area (Å²) in [7, 11) is 0. The number of ether oxygens (including phenoxy) is 1. The van der Waals surface area contributed by atoms with Gasteiger partial charge in [-0.3, -0.25) is 0 Å². The van der Waals surface area contributed by atoms with Gasteiger partial charge in [0.15, 0.2) is 0 Å². The zero-order valence-electron chi connectivity index (χ0n) is 12.3.